The summed E-state index contributed by atoms with van der Waals surface area (Å²) in [5, 5.41) is 25.8. The third kappa shape index (κ3) is 21.2. The van der Waals surface area contributed by atoms with Gasteiger partial charge >= 0.3 is 11.9 Å². The van der Waals surface area contributed by atoms with E-state index in [4.69, 9.17) is 4.74 Å². The number of aliphatic carboxylic acids is 1. The van der Waals surface area contributed by atoms with Crippen molar-refractivity contribution in [1.82, 2.24) is 41.0 Å². The first-order chi connectivity index (χ1) is 41.3. The van der Waals surface area contributed by atoms with Crippen molar-refractivity contribution in [2.45, 2.75) is 188 Å². The number of likely N-dealkylation sites (tertiary alicyclic amines) is 1. The number of aryl methyl sites for hydroxylation is 1. The number of nitrogens with zero attached hydrogens (tertiary/aromatic N) is 4. The Bertz CT molecular complexity index is 2900. The second-order valence-electron chi connectivity index (χ2n) is 23.6. The van der Waals surface area contributed by atoms with Crippen LogP contribution in [0.5, 0.6) is 0 Å². The van der Waals surface area contributed by atoms with Gasteiger partial charge in [-0.25, -0.2) is 4.98 Å². The molecule has 3 heterocycles. The Morgan fingerprint density at radius 3 is 2.07 bits per heavy atom. The largest absolute Gasteiger partial charge is 0.481 e. The number of hydrogen-bond donors (Lipinski definition) is 6. The van der Waals surface area contributed by atoms with E-state index in [1.165, 1.54) is 26.0 Å². The summed E-state index contributed by atoms with van der Waals surface area (Å²) in [6.45, 7) is 16.2. The minimum Gasteiger partial charge on any atom is -0.481 e. The summed E-state index contributed by atoms with van der Waals surface area (Å²) in [7, 11) is 1.65. The number of benzene rings is 2. The lowest BCUT2D eigenvalue weighted by Crippen LogP contribution is -2.59. The molecule has 5 rings (SSSR count). The average molecular weight is 1220 g/mol. The van der Waals surface area contributed by atoms with E-state index in [-0.39, 0.29) is 85.2 Å². The lowest BCUT2D eigenvalue weighted by atomic mass is 9.92. The monoisotopic (exact) mass is 1220 g/mol. The molecule has 2 aliphatic rings. The first kappa shape index (κ1) is 69.9. The highest BCUT2D eigenvalue weighted by Crippen LogP contribution is 2.32. The Hall–Kier alpha value is -7.82. The third-order valence-corrected chi connectivity index (χ3v) is 17.0. The number of carboxylic acids is 1. The first-order valence-corrected chi connectivity index (χ1v) is 31.3. The predicted molar refractivity (Wildman–Crippen MR) is 328 cm³/mol. The van der Waals surface area contributed by atoms with E-state index in [1.54, 1.807) is 67.3 Å². The molecule has 2 aliphatic heterocycles. The van der Waals surface area contributed by atoms with Crippen LogP contribution in [-0.4, -0.2) is 146 Å². The summed E-state index contributed by atoms with van der Waals surface area (Å²) in [5.41, 5.74) is 2.25. The highest BCUT2D eigenvalue weighted by atomic mass is 32.1. The number of esters is 1. The molecule has 23 heteroatoms. The molecule has 9 amide bonds. The number of carboxylic acid groups (broad SMARTS) is 1. The van der Waals surface area contributed by atoms with Crippen LogP contribution in [0.1, 0.15) is 166 Å². The number of nitrogens with one attached hydrogen (secondary N) is 5. The number of imide groups is 1. The first-order valence-electron chi connectivity index (χ1n) is 30.4. The molecule has 22 nitrogen and oxygen atoms in total. The summed E-state index contributed by atoms with van der Waals surface area (Å²) in [5.74, 6) is -6.65. The van der Waals surface area contributed by atoms with Gasteiger partial charge in [-0.2, -0.15) is 0 Å². The molecule has 6 N–H and O–H groups in total. The maximum absolute atomic E-state index is 14.7. The van der Waals surface area contributed by atoms with Gasteiger partial charge in [0.05, 0.1) is 5.92 Å². The van der Waals surface area contributed by atoms with Crippen molar-refractivity contribution in [2.24, 2.45) is 23.7 Å². The van der Waals surface area contributed by atoms with E-state index < -0.39 is 83.8 Å². The minimum atomic E-state index is -0.982. The van der Waals surface area contributed by atoms with Gasteiger partial charge in [-0.1, -0.05) is 104 Å². The zero-order valence-electron chi connectivity index (χ0n) is 51.9. The van der Waals surface area contributed by atoms with Crippen molar-refractivity contribution in [2.75, 3.05) is 25.5 Å². The second kappa shape index (κ2) is 33.9. The molecule has 2 aromatic carbocycles. The molecule has 3 aromatic rings. The number of anilines is 1. The fraction of sp³-hybridized carbons (Fsp3) is 0.562. The highest BCUT2D eigenvalue weighted by Gasteiger charge is 2.39. The van der Waals surface area contributed by atoms with E-state index in [1.807, 2.05) is 58.0 Å². The van der Waals surface area contributed by atoms with Crippen molar-refractivity contribution in [3.63, 3.8) is 0 Å². The smallest absolute Gasteiger partial charge is 0.306 e. The van der Waals surface area contributed by atoms with E-state index in [0.29, 0.717) is 75.0 Å². The van der Waals surface area contributed by atoms with Crippen molar-refractivity contribution in [3.8, 4) is 0 Å². The third-order valence-electron chi connectivity index (χ3n) is 16.1. The Morgan fingerprint density at radius 2 is 1.45 bits per heavy atom. The lowest BCUT2D eigenvalue weighted by molar-refractivity contribution is -0.149. The topological polar surface area (TPSA) is 300 Å². The predicted octanol–water partition coefficient (Wildman–Crippen LogP) is 6.69. The average Bonchev–Trinajstić information content (AvgIpc) is 4.25. The van der Waals surface area contributed by atoms with Gasteiger partial charge < -0.3 is 46.2 Å². The number of hydrogen-bond acceptors (Lipinski definition) is 14. The zero-order chi connectivity index (χ0) is 64.1. The number of aromatic nitrogens is 1. The van der Waals surface area contributed by atoms with E-state index in [2.05, 4.69) is 31.6 Å². The number of carbonyl (C=O) groups is 11. The quantitative estimate of drug-likeness (QED) is 0.0211. The molecule has 1 saturated heterocycles. The molecule has 1 aromatic heterocycles. The number of thiazole rings is 1. The van der Waals surface area contributed by atoms with Crippen molar-refractivity contribution >= 4 is 82.1 Å². The Morgan fingerprint density at radius 1 is 0.770 bits per heavy atom. The van der Waals surface area contributed by atoms with Crippen molar-refractivity contribution in [1.29, 1.82) is 0 Å². The molecule has 0 bridgehead atoms. The molecule has 0 spiro atoms. The van der Waals surface area contributed by atoms with Crippen LogP contribution in [0.15, 0.2) is 72.1 Å². The number of amides is 9. The highest BCUT2D eigenvalue weighted by molar-refractivity contribution is 7.09. The SMILES string of the molecule is CC[C@H](C)[C@H](NC(=O)[C@H]1CCCCN1C(=O)CCc1ccc(NC(=O)[C@H](C)NC(=O)[C@@H](NC(=O)CCCCCN2C(=O)C=CC2=O)C(C)C)cc1)C(=O)N(C)[C@H](C[C@@H](OC(C)=O)c1nc(C(=O)N[C@@H](Cc2ccccc2)C[C@H](C)C(=O)O)cs1)C(C)C. The molecule has 0 aliphatic carbocycles. The van der Waals surface area contributed by atoms with Gasteiger partial charge in [0.2, 0.25) is 35.4 Å². The lowest BCUT2D eigenvalue weighted by Gasteiger charge is -2.39. The van der Waals surface area contributed by atoms with Gasteiger partial charge in [-0.15, -0.1) is 11.3 Å². The normalized spacial score (nSPS) is 16.9. The van der Waals surface area contributed by atoms with Crippen LogP contribution in [0, 0.1) is 23.7 Å². The number of likely N-dealkylation sites (N-methyl/N-ethyl adjacent to an activating group) is 1. The molecule has 87 heavy (non-hydrogen) atoms. The fourth-order valence-electron chi connectivity index (χ4n) is 10.7. The molecule has 474 valence electrons. The molecule has 0 radical (unpaired) electrons. The molecule has 0 unspecified atom stereocenters. The number of piperidine rings is 1. The van der Waals surface area contributed by atoms with Crippen LogP contribution in [0.25, 0.3) is 0 Å². The summed E-state index contributed by atoms with van der Waals surface area (Å²) < 4.78 is 5.83. The van der Waals surface area contributed by atoms with Gasteiger partial charge in [-0.05, 0) is 99.3 Å². The Labute approximate surface area is 514 Å². The maximum Gasteiger partial charge on any atom is 0.306 e. The summed E-state index contributed by atoms with van der Waals surface area (Å²) in [4.78, 5) is 153. The van der Waals surface area contributed by atoms with Crippen LogP contribution in [0.4, 0.5) is 5.69 Å². The van der Waals surface area contributed by atoms with E-state index in [9.17, 15) is 57.8 Å². The number of ether oxygens (including phenoxy) is 1. The van der Waals surface area contributed by atoms with Crippen LogP contribution >= 0.6 is 11.3 Å². The molecule has 1 fully saturated rings. The second-order valence-corrected chi connectivity index (χ2v) is 24.5. The standard InChI is InChI=1S/C64H89N9O13S/c1-11-40(6)57(63(83)71(10)50(38(2)3)36-51(86-43(9)74)62-68-48(37-87-62)59(80)67-47(34-41(7)64(84)85)35-45-20-14-12-15-21-45)70-60(81)49-22-17-19-32-72(49)53(76)29-26-44-24-27-46(28-25-44)66-58(79)42(8)65-61(82)56(39(4)5)69-52(75)23-16-13-18-33-73-54(77)30-31-55(73)78/h12,14-15,20-21,24-25,27-28,30-31,37-42,47,49-51,56-57H,11,13,16-19,22-23,26,29,32-36H2,1-10H3,(H,65,82)(H,66,79)(H,67,80)(H,69,75)(H,70,81)(H,84,85)/t40-,41-,42-,47+,49+,50+,51+,56-,57-/m0/s1. The number of carbonyl (C=O) groups excluding carboxylic acids is 10. The van der Waals surface area contributed by atoms with E-state index >= 15 is 0 Å². The summed E-state index contributed by atoms with van der Waals surface area (Å²) in [6, 6.07) is 11.7. The van der Waals surface area contributed by atoms with Gasteiger partial charge in [0, 0.05) is 81.6 Å². The maximum atomic E-state index is 14.7. The van der Waals surface area contributed by atoms with Gasteiger partial charge in [0.15, 0.2) is 6.10 Å². The molecular formula is C64H89N9O13S. The van der Waals surface area contributed by atoms with Crippen molar-refractivity contribution < 1.29 is 62.6 Å². The fourth-order valence-corrected chi connectivity index (χ4v) is 11.5. The van der Waals surface area contributed by atoms with Gasteiger partial charge in [0.25, 0.3) is 17.7 Å². The van der Waals surface area contributed by atoms with Crippen molar-refractivity contribution in [3.05, 3.63) is 94.0 Å². The molecule has 0 saturated carbocycles. The van der Waals surface area contributed by atoms with Crippen LogP contribution in [0.3, 0.4) is 0 Å². The molecule has 9 atom stereocenters. The number of unbranched alkanes of at least 4 members (excludes halogenated alkanes) is 2. The summed E-state index contributed by atoms with van der Waals surface area (Å²) in [6.07, 6.45) is 6.77. The zero-order valence-corrected chi connectivity index (χ0v) is 52.7. The Kier molecular flexibility index (Phi) is 27.3. The van der Waals surface area contributed by atoms with Crippen LogP contribution in [-0.2, 0) is 65.5 Å². The van der Waals surface area contributed by atoms with Gasteiger partial charge in [-0.3, -0.25) is 57.6 Å². The Balaban J connectivity index is 1.15. The van der Waals surface area contributed by atoms with Crippen LogP contribution in [0.2, 0.25) is 0 Å². The van der Waals surface area contributed by atoms with Gasteiger partial charge in [0.1, 0.15) is 34.9 Å². The number of rotatable bonds is 33. The van der Waals surface area contributed by atoms with Crippen LogP contribution < -0.4 is 26.6 Å². The van der Waals surface area contributed by atoms with E-state index in [0.717, 1.165) is 27.4 Å². The minimum absolute atomic E-state index is 0.0692. The molecular weight excluding hydrogens is 1130 g/mol. The summed E-state index contributed by atoms with van der Waals surface area (Å²) >= 11 is 1.13.